The first-order valence-electron chi connectivity index (χ1n) is 7.79. The minimum Gasteiger partial charge on any atom is -0.444 e. The minimum absolute atomic E-state index is 0.0824. The molecule has 0 unspecified atom stereocenters. The number of amides is 1. The number of hydrogen-bond donors (Lipinski definition) is 2. The quantitative estimate of drug-likeness (QED) is 0.870. The molecule has 6 nitrogen and oxygen atoms in total. The summed E-state index contributed by atoms with van der Waals surface area (Å²) in [5.74, 6) is 0. The maximum atomic E-state index is 12.7. The number of sulfone groups is 1. The Morgan fingerprint density at radius 2 is 1.88 bits per heavy atom. The molecule has 0 aliphatic heterocycles. The summed E-state index contributed by atoms with van der Waals surface area (Å²) in [7, 11) is -3.80. The maximum Gasteiger partial charge on any atom is 0.407 e. The molecule has 0 fully saturated rings. The smallest absolute Gasteiger partial charge is 0.407 e. The molecule has 1 aromatic carbocycles. The molecule has 2 N–H and O–H groups in total. The van der Waals surface area contributed by atoms with Crippen molar-refractivity contribution in [3.05, 3.63) is 41.3 Å². The fourth-order valence-corrected chi connectivity index (χ4v) is 4.10. The van der Waals surface area contributed by atoms with Crippen LogP contribution in [0.2, 0.25) is 0 Å². The molecule has 0 radical (unpaired) electrons. The number of benzene rings is 1. The van der Waals surface area contributed by atoms with Crippen LogP contribution in [-0.2, 0) is 14.6 Å². The summed E-state index contributed by atoms with van der Waals surface area (Å²) in [5.41, 5.74) is -0.668. The lowest BCUT2D eigenvalue weighted by atomic mass is 9.99. The highest BCUT2D eigenvalue weighted by Crippen LogP contribution is 2.28. The van der Waals surface area contributed by atoms with Crippen molar-refractivity contribution in [2.45, 2.75) is 56.3 Å². The molecule has 0 saturated carbocycles. The van der Waals surface area contributed by atoms with Gasteiger partial charge in [-0.2, -0.15) is 0 Å². The fourth-order valence-electron chi connectivity index (χ4n) is 2.50. The molecule has 132 valence electrons. The summed E-state index contributed by atoms with van der Waals surface area (Å²) >= 11 is 0. The van der Waals surface area contributed by atoms with Crippen LogP contribution in [0.25, 0.3) is 0 Å². The Bertz CT molecular complexity index is 719. The summed E-state index contributed by atoms with van der Waals surface area (Å²) < 4.78 is 30.5. The third-order valence-electron chi connectivity index (χ3n) is 3.56. The van der Waals surface area contributed by atoms with Gasteiger partial charge in [0.1, 0.15) is 11.7 Å². The Balaban J connectivity index is 2.17. The van der Waals surface area contributed by atoms with Crippen molar-refractivity contribution in [2.24, 2.45) is 0 Å². The van der Waals surface area contributed by atoms with E-state index in [9.17, 15) is 18.3 Å². The van der Waals surface area contributed by atoms with Crippen LogP contribution in [0.5, 0.6) is 0 Å². The van der Waals surface area contributed by atoms with Gasteiger partial charge in [0.15, 0.2) is 0 Å². The second-order valence-electron chi connectivity index (χ2n) is 6.70. The molecular weight excluding hydrogens is 330 g/mol. The van der Waals surface area contributed by atoms with Crippen LogP contribution in [-0.4, -0.2) is 37.4 Å². The molecule has 24 heavy (non-hydrogen) atoms. The van der Waals surface area contributed by atoms with E-state index in [1.165, 1.54) is 18.2 Å². The number of rotatable bonds is 3. The summed E-state index contributed by atoms with van der Waals surface area (Å²) in [6, 6.07) is 7.22. The van der Waals surface area contributed by atoms with Crippen molar-refractivity contribution in [1.29, 1.82) is 0 Å². The summed E-state index contributed by atoms with van der Waals surface area (Å²) in [4.78, 5) is 11.9. The molecule has 2 atom stereocenters. The highest BCUT2D eigenvalue weighted by atomic mass is 32.2. The number of nitrogens with one attached hydrogen (secondary N) is 1. The fraction of sp³-hybridized carbons (Fsp3) is 0.471. The van der Waals surface area contributed by atoms with E-state index in [1.54, 1.807) is 39.0 Å². The largest absolute Gasteiger partial charge is 0.444 e. The Hall–Kier alpha value is -1.86. The first-order chi connectivity index (χ1) is 11.1. The van der Waals surface area contributed by atoms with E-state index < -0.39 is 33.7 Å². The van der Waals surface area contributed by atoms with E-state index >= 15 is 0 Å². The molecule has 1 aromatic rings. The van der Waals surface area contributed by atoms with E-state index in [0.29, 0.717) is 12.8 Å². The molecular formula is C17H23NO5S. The van der Waals surface area contributed by atoms with E-state index in [-0.39, 0.29) is 9.80 Å². The number of carbonyl (C=O) groups excluding carboxylic acids is 1. The van der Waals surface area contributed by atoms with E-state index in [1.807, 2.05) is 0 Å². The number of hydrogen-bond acceptors (Lipinski definition) is 5. The molecule has 0 saturated heterocycles. The molecule has 0 spiro atoms. The van der Waals surface area contributed by atoms with Gasteiger partial charge in [-0.1, -0.05) is 24.3 Å². The molecule has 7 heteroatoms. The average Bonchev–Trinajstić information content (AvgIpc) is 2.48. The SMILES string of the molecule is CC(C)(C)OC(=O)N[C@H]1CCC=C(S(=O)(=O)c2ccccc2)[C@H]1O. The average molecular weight is 353 g/mol. The molecule has 0 bridgehead atoms. The van der Waals surface area contributed by atoms with Gasteiger partial charge in [0.05, 0.1) is 15.8 Å². The van der Waals surface area contributed by atoms with Crippen molar-refractivity contribution < 1.29 is 23.1 Å². The van der Waals surface area contributed by atoms with Crippen molar-refractivity contribution in [2.75, 3.05) is 0 Å². The van der Waals surface area contributed by atoms with E-state index in [0.717, 1.165) is 0 Å². The van der Waals surface area contributed by atoms with Crippen LogP contribution >= 0.6 is 0 Å². The van der Waals surface area contributed by atoms with Crippen molar-refractivity contribution in [3.8, 4) is 0 Å². The van der Waals surface area contributed by atoms with Gasteiger partial charge >= 0.3 is 6.09 Å². The lowest BCUT2D eigenvalue weighted by Gasteiger charge is -2.30. The van der Waals surface area contributed by atoms with Crippen LogP contribution in [0.3, 0.4) is 0 Å². The molecule has 1 aliphatic rings. The first kappa shape index (κ1) is 18.5. The predicted molar refractivity (Wildman–Crippen MR) is 90.1 cm³/mol. The van der Waals surface area contributed by atoms with Crippen LogP contribution in [0.15, 0.2) is 46.2 Å². The molecule has 0 aromatic heterocycles. The number of carbonyl (C=O) groups is 1. The molecule has 0 heterocycles. The monoisotopic (exact) mass is 353 g/mol. The van der Waals surface area contributed by atoms with Gasteiger partial charge in [-0.05, 0) is 45.7 Å². The Kier molecular flexibility index (Phi) is 5.35. The highest BCUT2D eigenvalue weighted by molar-refractivity contribution is 7.95. The maximum absolute atomic E-state index is 12.7. The van der Waals surface area contributed by atoms with Gasteiger partial charge in [-0.15, -0.1) is 0 Å². The van der Waals surface area contributed by atoms with Gasteiger partial charge in [0, 0.05) is 0 Å². The number of ether oxygens (including phenoxy) is 1. The second-order valence-corrected chi connectivity index (χ2v) is 8.65. The van der Waals surface area contributed by atoms with Crippen LogP contribution in [0, 0.1) is 0 Å². The Morgan fingerprint density at radius 1 is 1.25 bits per heavy atom. The zero-order chi connectivity index (χ0) is 18.0. The third-order valence-corrected chi connectivity index (χ3v) is 5.48. The lowest BCUT2D eigenvalue weighted by Crippen LogP contribution is -2.48. The van der Waals surface area contributed by atoms with E-state index in [2.05, 4.69) is 5.32 Å². The highest BCUT2D eigenvalue weighted by Gasteiger charge is 2.36. The number of allylic oxidation sites excluding steroid dienone is 1. The summed E-state index contributed by atoms with van der Waals surface area (Å²) in [6.07, 6.45) is 0.411. The van der Waals surface area contributed by atoms with Crippen LogP contribution in [0.1, 0.15) is 33.6 Å². The van der Waals surface area contributed by atoms with Crippen LogP contribution < -0.4 is 5.32 Å². The number of aliphatic hydroxyl groups excluding tert-OH is 1. The van der Waals surface area contributed by atoms with Gasteiger partial charge in [0.25, 0.3) is 0 Å². The van der Waals surface area contributed by atoms with Gasteiger partial charge in [-0.3, -0.25) is 0 Å². The number of aliphatic hydroxyl groups is 1. The van der Waals surface area contributed by atoms with Crippen molar-refractivity contribution in [1.82, 2.24) is 5.32 Å². The normalized spacial score (nSPS) is 21.8. The second kappa shape index (κ2) is 6.94. The van der Waals surface area contributed by atoms with Gasteiger partial charge in [-0.25, -0.2) is 13.2 Å². The zero-order valence-corrected chi connectivity index (χ0v) is 14.8. The molecule has 2 rings (SSSR count). The van der Waals surface area contributed by atoms with Gasteiger partial charge < -0.3 is 15.2 Å². The van der Waals surface area contributed by atoms with Crippen molar-refractivity contribution >= 4 is 15.9 Å². The van der Waals surface area contributed by atoms with E-state index in [4.69, 9.17) is 4.74 Å². The lowest BCUT2D eigenvalue weighted by molar-refractivity contribution is 0.0442. The van der Waals surface area contributed by atoms with Gasteiger partial charge in [0.2, 0.25) is 9.84 Å². The predicted octanol–water partition coefficient (Wildman–Crippen LogP) is 2.39. The van der Waals surface area contributed by atoms with Crippen molar-refractivity contribution in [3.63, 3.8) is 0 Å². The first-order valence-corrected chi connectivity index (χ1v) is 9.27. The minimum atomic E-state index is -3.80. The third kappa shape index (κ3) is 4.36. The summed E-state index contributed by atoms with van der Waals surface area (Å²) in [5, 5.41) is 13.0. The topological polar surface area (TPSA) is 92.7 Å². The molecule has 1 aliphatic carbocycles. The standard InChI is InChI=1S/C17H23NO5S/c1-17(2,3)23-16(20)18-13-10-7-11-14(15(13)19)24(21,22)12-8-5-4-6-9-12/h4-6,8-9,11,13,15,19H,7,10H2,1-3H3,(H,18,20)/t13-,15-/m0/s1. The summed E-state index contributed by atoms with van der Waals surface area (Å²) in [6.45, 7) is 5.19. The number of alkyl carbamates (subject to hydrolysis) is 1. The Morgan fingerprint density at radius 3 is 2.46 bits per heavy atom. The Labute approximate surface area is 142 Å². The van der Waals surface area contributed by atoms with Crippen LogP contribution in [0.4, 0.5) is 4.79 Å². The molecule has 1 amide bonds. The zero-order valence-electron chi connectivity index (χ0n) is 14.0.